The Morgan fingerprint density at radius 1 is 1.00 bits per heavy atom. The highest BCUT2D eigenvalue weighted by molar-refractivity contribution is 5.84. The fraction of sp³-hybridized carbons (Fsp3) is 0.885. The topological polar surface area (TPSA) is 69.7 Å². The highest BCUT2D eigenvalue weighted by Gasteiger charge is 2.62. The molecule has 7 atom stereocenters. The van der Waals surface area contributed by atoms with Gasteiger partial charge in [-0.3, -0.25) is 9.59 Å². The van der Waals surface area contributed by atoms with Crippen molar-refractivity contribution >= 4 is 17.9 Å². The van der Waals surface area contributed by atoms with Gasteiger partial charge in [-0.25, -0.2) is 4.79 Å². The van der Waals surface area contributed by atoms with Crippen molar-refractivity contribution in [1.82, 2.24) is 0 Å². The molecule has 5 heteroatoms. The summed E-state index contributed by atoms with van der Waals surface area (Å²) >= 11 is 0. The van der Waals surface area contributed by atoms with E-state index < -0.39 is 12.1 Å². The van der Waals surface area contributed by atoms with E-state index in [1.807, 2.05) is 13.8 Å². The third-order valence-electron chi connectivity index (χ3n) is 9.73. The molecule has 0 bridgehead atoms. The van der Waals surface area contributed by atoms with Crippen LogP contribution in [0.2, 0.25) is 0 Å². The minimum Gasteiger partial charge on any atom is -0.434 e. The number of hydrogen-bond acceptors (Lipinski definition) is 5. The smallest absolute Gasteiger partial charge is 0.434 e. The van der Waals surface area contributed by atoms with Gasteiger partial charge in [0, 0.05) is 18.8 Å². The summed E-state index contributed by atoms with van der Waals surface area (Å²) in [5.41, 5.74) is 0.297. The van der Waals surface area contributed by atoms with E-state index in [-0.39, 0.29) is 36.2 Å². The van der Waals surface area contributed by atoms with Gasteiger partial charge in [-0.1, -0.05) is 40.5 Å². The van der Waals surface area contributed by atoms with Crippen molar-refractivity contribution in [2.75, 3.05) is 6.61 Å². The number of hydrogen-bond donors (Lipinski definition) is 0. The molecule has 4 aliphatic rings. The zero-order valence-electron chi connectivity index (χ0n) is 19.8. The maximum absolute atomic E-state index is 13.4. The fourth-order valence-corrected chi connectivity index (χ4v) is 8.01. The monoisotopic (exact) mass is 432 g/mol. The lowest BCUT2D eigenvalue weighted by Crippen LogP contribution is -2.56. The Morgan fingerprint density at radius 3 is 2.48 bits per heavy atom. The Hall–Kier alpha value is -1.39. The Bertz CT molecular complexity index is 729. The molecule has 0 amide bonds. The van der Waals surface area contributed by atoms with Crippen LogP contribution in [0.4, 0.5) is 4.79 Å². The van der Waals surface area contributed by atoms with Crippen LogP contribution in [-0.2, 0) is 19.1 Å². The number of carbonyl (C=O) groups is 3. The highest BCUT2D eigenvalue weighted by atomic mass is 16.7. The van der Waals surface area contributed by atoms with Gasteiger partial charge in [0.05, 0.1) is 6.61 Å². The van der Waals surface area contributed by atoms with Crippen LogP contribution < -0.4 is 0 Å². The van der Waals surface area contributed by atoms with Crippen molar-refractivity contribution < 1.29 is 23.9 Å². The van der Waals surface area contributed by atoms with Gasteiger partial charge in [-0.2, -0.15) is 0 Å². The Kier molecular flexibility index (Phi) is 6.26. The largest absolute Gasteiger partial charge is 0.516 e. The molecule has 0 aromatic heterocycles. The number of ether oxygens (including phenoxy) is 2. The van der Waals surface area contributed by atoms with Crippen LogP contribution in [0.25, 0.3) is 0 Å². The highest BCUT2D eigenvalue weighted by Crippen LogP contribution is 2.67. The maximum atomic E-state index is 13.4. The quantitative estimate of drug-likeness (QED) is 0.406. The van der Waals surface area contributed by atoms with E-state index in [1.54, 1.807) is 0 Å². The second-order valence-corrected chi connectivity index (χ2v) is 11.8. The number of esters is 1. The number of rotatable bonds is 4. The SMILES string of the molecule is CC(C)COC(=O)OC(=O)CC1CCC2C3C(=O)CC4CCCCC4(C)C3CCC12C. The van der Waals surface area contributed by atoms with Gasteiger partial charge in [0.1, 0.15) is 5.78 Å². The molecule has 0 aromatic carbocycles. The molecule has 4 aliphatic carbocycles. The van der Waals surface area contributed by atoms with E-state index in [4.69, 9.17) is 9.47 Å². The summed E-state index contributed by atoms with van der Waals surface area (Å²) in [6, 6.07) is 0. The first-order chi connectivity index (χ1) is 14.6. The van der Waals surface area contributed by atoms with Gasteiger partial charge in [0.2, 0.25) is 0 Å². The summed E-state index contributed by atoms with van der Waals surface area (Å²) in [6.07, 6.45) is 9.30. The van der Waals surface area contributed by atoms with Gasteiger partial charge in [0.25, 0.3) is 0 Å². The van der Waals surface area contributed by atoms with Crippen LogP contribution in [0.1, 0.15) is 91.9 Å². The van der Waals surface area contributed by atoms with Crippen LogP contribution in [-0.4, -0.2) is 24.5 Å². The average molecular weight is 433 g/mol. The molecule has 4 fully saturated rings. The summed E-state index contributed by atoms with van der Waals surface area (Å²) in [6.45, 7) is 8.88. The van der Waals surface area contributed by atoms with Gasteiger partial charge in [0.15, 0.2) is 0 Å². The van der Waals surface area contributed by atoms with E-state index in [0.29, 0.717) is 29.0 Å². The van der Waals surface area contributed by atoms with Gasteiger partial charge < -0.3 is 9.47 Å². The first-order valence-electron chi connectivity index (χ1n) is 12.6. The summed E-state index contributed by atoms with van der Waals surface area (Å²) in [4.78, 5) is 37.6. The molecular formula is C26H40O5. The van der Waals surface area contributed by atoms with Crippen molar-refractivity contribution in [3.63, 3.8) is 0 Å². The van der Waals surface area contributed by atoms with E-state index in [9.17, 15) is 14.4 Å². The first kappa shape index (κ1) is 22.8. The molecule has 4 rings (SSSR count). The summed E-state index contributed by atoms with van der Waals surface area (Å²) in [7, 11) is 0. The van der Waals surface area contributed by atoms with E-state index in [0.717, 1.165) is 32.1 Å². The third-order valence-corrected chi connectivity index (χ3v) is 9.73. The van der Waals surface area contributed by atoms with Crippen LogP contribution in [0.3, 0.4) is 0 Å². The zero-order chi connectivity index (χ0) is 22.4. The van der Waals surface area contributed by atoms with E-state index in [1.165, 1.54) is 25.7 Å². The molecule has 0 saturated heterocycles. The molecule has 0 spiro atoms. The Morgan fingerprint density at radius 2 is 1.74 bits per heavy atom. The van der Waals surface area contributed by atoms with Crippen molar-refractivity contribution in [3.8, 4) is 0 Å². The zero-order valence-corrected chi connectivity index (χ0v) is 19.8. The molecule has 7 unspecified atom stereocenters. The number of carbonyl (C=O) groups excluding carboxylic acids is 3. The number of ketones is 1. The molecule has 174 valence electrons. The molecule has 0 N–H and O–H groups in total. The van der Waals surface area contributed by atoms with Crippen molar-refractivity contribution in [1.29, 1.82) is 0 Å². The van der Waals surface area contributed by atoms with Gasteiger partial charge in [-0.15, -0.1) is 0 Å². The van der Waals surface area contributed by atoms with Gasteiger partial charge in [-0.05, 0) is 78.9 Å². The molecule has 5 nitrogen and oxygen atoms in total. The summed E-state index contributed by atoms with van der Waals surface area (Å²) in [5.74, 6) is 1.99. The van der Waals surface area contributed by atoms with Gasteiger partial charge >= 0.3 is 12.1 Å². The van der Waals surface area contributed by atoms with Crippen LogP contribution in [0.15, 0.2) is 0 Å². The van der Waals surface area contributed by atoms with Crippen molar-refractivity contribution in [3.05, 3.63) is 0 Å². The minimum atomic E-state index is -0.888. The molecule has 4 saturated carbocycles. The summed E-state index contributed by atoms with van der Waals surface area (Å²) in [5, 5.41) is 0. The average Bonchev–Trinajstić information content (AvgIpc) is 3.03. The predicted octanol–water partition coefficient (Wildman–Crippen LogP) is 5.94. The van der Waals surface area contributed by atoms with Crippen molar-refractivity contribution in [2.45, 2.75) is 91.9 Å². The van der Waals surface area contributed by atoms with Crippen LogP contribution >= 0.6 is 0 Å². The van der Waals surface area contributed by atoms with Crippen LogP contribution in [0, 0.1) is 46.3 Å². The summed E-state index contributed by atoms with van der Waals surface area (Å²) < 4.78 is 9.92. The van der Waals surface area contributed by atoms with Crippen LogP contribution in [0.5, 0.6) is 0 Å². The fourth-order valence-electron chi connectivity index (χ4n) is 8.01. The molecule has 0 aromatic rings. The third kappa shape index (κ3) is 4.06. The molecular weight excluding hydrogens is 392 g/mol. The maximum Gasteiger partial charge on any atom is 0.516 e. The Labute approximate surface area is 187 Å². The lowest BCUT2D eigenvalue weighted by atomic mass is 9.44. The van der Waals surface area contributed by atoms with E-state index >= 15 is 0 Å². The second kappa shape index (κ2) is 8.51. The van der Waals surface area contributed by atoms with Crippen molar-refractivity contribution in [2.24, 2.45) is 46.3 Å². The second-order valence-electron chi connectivity index (χ2n) is 11.8. The minimum absolute atomic E-state index is 0.0183. The molecule has 31 heavy (non-hydrogen) atoms. The molecule has 0 heterocycles. The normalized spacial score (nSPS) is 41.8. The number of fused-ring (bicyclic) bond motifs is 5. The number of Topliss-reactive ketones (excluding diaryl/α,β-unsaturated/α-hetero) is 1. The standard InChI is InChI=1S/C26H40O5/c1-16(2)15-30-24(29)31-22(28)14-18-8-9-19-23-20(10-12-26(18,19)4)25(3)11-6-5-7-17(25)13-21(23)27/h16-20,23H,5-15H2,1-4H3. The Balaban J connectivity index is 1.43. The first-order valence-corrected chi connectivity index (χ1v) is 12.6. The van der Waals surface area contributed by atoms with E-state index in [2.05, 4.69) is 13.8 Å². The molecule has 0 radical (unpaired) electrons. The lowest BCUT2D eigenvalue weighted by Gasteiger charge is -2.59. The predicted molar refractivity (Wildman–Crippen MR) is 117 cm³/mol. The lowest BCUT2D eigenvalue weighted by molar-refractivity contribution is -0.156. The molecule has 0 aliphatic heterocycles.